The van der Waals surface area contributed by atoms with E-state index in [2.05, 4.69) is 134 Å². The van der Waals surface area contributed by atoms with Crippen LogP contribution in [-0.2, 0) is 0 Å². The molecule has 0 aliphatic rings. The molecule has 0 saturated carbocycles. The Hall–Kier alpha value is -1.48. The van der Waals surface area contributed by atoms with E-state index < -0.39 is 7.26 Å². The first-order chi connectivity index (χ1) is 14.0. The average molecular weight is 516 g/mol. The summed E-state index contributed by atoms with van der Waals surface area (Å²) in [6.07, 6.45) is 3.59. The summed E-state index contributed by atoms with van der Waals surface area (Å²) in [5, 5.41) is 15.1. The number of benzene rings is 3. The standard InChI is InChI=1S/C26H30IOP/c1-21(20-22(2)27)26(28)18-19-29(23-12-6-3-7-13-23,24-14-8-4-9-15-24)25-16-10-5-11-17-25/h3-17,20-21,26,28-29H,18-19H2,1-2H3/b22-20-/t21-,26-/m0/s1. The van der Waals surface area contributed by atoms with Crippen molar-refractivity contribution in [3.63, 3.8) is 0 Å². The molecular formula is C26H30IOP. The normalized spacial score (nSPS) is 15.0. The summed E-state index contributed by atoms with van der Waals surface area (Å²) in [5.74, 6) is 0.154. The molecule has 0 heterocycles. The zero-order valence-corrected chi connectivity index (χ0v) is 20.3. The SMILES string of the molecule is C/C(I)=C/[C@H](C)[C@@H](O)CC[PH](c1ccccc1)(c1ccccc1)c1ccccc1. The number of hydrogen-bond acceptors (Lipinski definition) is 1. The third kappa shape index (κ3) is 5.36. The Kier molecular flexibility index (Phi) is 8.06. The summed E-state index contributed by atoms with van der Waals surface area (Å²) in [7, 11) is -2.25. The quantitative estimate of drug-likeness (QED) is 0.313. The molecule has 0 fully saturated rings. The van der Waals surface area contributed by atoms with Gasteiger partial charge in [0.1, 0.15) is 0 Å². The summed E-state index contributed by atoms with van der Waals surface area (Å²) in [6.45, 7) is 4.20. The summed E-state index contributed by atoms with van der Waals surface area (Å²) < 4.78 is 1.23. The molecule has 0 spiro atoms. The first-order valence-electron chi connectivity index (χ1n) is 10.2. The van der Waals surface area contributed by atoms with Crippen molar-refractivity contribution in [1.82, 2.24) is 0 Å². The molecule has 0 bridgehead atoms. The van der Waals surface area contributed by atoms with Crippen LogP contribution in [0.3, 0.4) is 0 Å². The second kappa shape index (κ2) is 10.5. The minimum atomic E-state index is -2.25. The van der Waals surface area contributed by atoms with Crippen LogP contribution in [0.25, 0.3) is 0 Å². The van der Waals surface area contributed by atoms with Crippen LogP contribution < -0.4 is 15.9 Å². The Bertz CT molecular complexity index is 809. The summed E-state index contributed by atoms with van der Waals surface area (Å²) in [5.41, 5.74) is 0. The zero-order chi connectivity index (χ0) is 20.7. The van der Waals surface area contributed by atoms with Gasteiger partial charge in [0.15, 0.2) is 0 Å². The van der Waals surface area contributed by atoms with Gasteiger partial charge in [0.2, 0.25) is 0 Å². The first kappa shape index (κ1) is 22.2. The topological polar surface area (TPSA) is 20.2 Å². The molecular weight excluding hydrogens is 486 g/mol. The van der Waals surface area contributed by atoms with Crippen LogP contribution in [0.4, 0.5) is 0 Å². The number of halogens is 1. The van der Waals surface area contributed by atoms with E-state index in [-0.39, 0.29) is 12.0 Å². The van der Waals surface area contributed by atoms with Gasteiger partial charge >= 0.3 is 190 Å². The molecule has 2 atom stereocenters. The van der Waals surface area contributed by atoms with Crippen molar-refractivity contribution in [1.29, 1.82) is 0 Å². The molecule has 3 aromatic carbocycles. The third-order valence-electron chi connectivity index (χ3n) is 5.71. The van der Waals surface area contributed by atoms with Crippen LogP contribution in [0.15, 0.2) is 101 Å². The molecule has 0 aromatic heterocycles. The van der Waals surface area contributed by atoms with E-state index in [1.54, 1.807) is 0 Å². The van der Waals surface area contributed by atoms with Crippen molar-refractivity contribution < 1.29 is 5.11 Å². The molecule has 3 heteroatoms. The fraction of sp³-hybridized carbons (Fsp3) is 0.231. The Morgan fingerprint density at radius 3 is 1.55 bits per heavy atom. The fourth-order valence-corrected chi connectivity index (χ4v) is 9.65. The van der Waals surface area contributed by atoms with Gasteiger partial charge in [0.25, 0.3) is 0 Å². The first-order valence-corrected chi connectivity index (χ1v) is 13.5. The Labute approximate surface area is 189 Å². The third-order valence-corrected chi connectivity index (χ3v) is 11.1. The molecule has 3 aromatic rings. The average Bonchev–Trinajstić information content (AvgIpc) is 2.76. The van der Waals surface area contributed by atoms with Crippen molar-refractivity contribution >= 4 is 45.8 Å². The fourth-order valence-electron chi connectivity index (χ4n) is 4.20. The van der Waals surface area contributed by atoms with E-state index in [0.717, 1.165) is 12.6 Å². The van der Waals surface area contributed by atoms with Crippen molar-refractivity contribution in [2.75, 3.05) is 6.16 Å². The van der Waals surface area contributed by atoms with Gasteiger partial charge in [-0.2, -0.15) is 0 Å². The van der Waals surface area contributed by atoms with Crippen molar-refractivity contribution in [2.24, 2.45) is 5.92 Å². The maximum atomic E-state index is 10.9. The molecule has 1 nitrogen and oxygen atoms in total. The van der Waals surface area contributed by atoms with Gasteiger partial charge in [-0.1, -0.05) is 0 Å². The molecule has 0 saturated heterocycles. The molecule has 152 valence electrons. The molecule has 1 N–H and O–H groups in total. The molecule has 0 amide bonds. The van der Waals surface area contributed by atoms with Crippen LogP contribution in [0.5, 0.6) is 0 Å². The van der Waals surface area contributed by atoms with Gasteiger partial charge in [0.05, 0.1) is 0 Å². The van der Waals surface area contributed by atoms with E-state index in [0.29, 0.717) is 0 Å². The molecule has 0 aliphatic carbocycles. The predicted octanol–water partition coefficient (Wildman–Crippen LogP) is 5.44. The van der Waals surface area contributed by atoms with E-state index >= 15 is 0 Å². The van der Waals surface area contributed by atoms with Gasteiger partial charge in [0, 0.05) is 0 Å². The molecule has 3 rings (SSSR count). The molecule has 0 aliphatic heterocycles. The van der Waals surface area contributed by atoms with Crippen molar-refractivity contribution in [3.8, 4) is 0 Å². The van der Waals surface area contributed by atoms with E-state index in [1.165, 1.54) is 19.5 Å². The number of aliphatic hydroxyl groups is 1. The molecule has 0 unspecified atom stereocenters. The maximum absolute atomic E-state index is 10.9. The van der Waals surface area contributed by atoms with Crippen LogP contribution in [0.1, 0.15) is 20.3 Å². The molecule has 0 radical (unpaired) electrons. The number of rotatable bonds is 8. The zero-order valence-electron chi connectivity index (χ0n) is 17.1. The summed E-state index contributed by atoms with van der Waals surface area (Å²) >= 11 is 2.32. The number of aliphatic hydroxyl groups excluding tert-OH is 1. The molecule has 29 heavy (non-hydrogen) atoms. The number of hydrogen-bond donors (Lipinski definition) is 1. The van der Waals surface area contributed by atoms with Gasteiger partial charge in [-0.3, -0.25) is 0 Å². The minimum absolute atomic E-state index is 0.154. The predicted molar refractivity (Wildman–Crippen MR) is 139 cm³/mol. The van der Waals surface area contributed by atoms with E-state index in [4.69, 9.17) is 0 Å². The van der Waals surface area contributed by atoms with Gasteiger partial charge in [-0.25, -0.2) is 0 Å². The Morgan fingerprint density at radius 2 is 1.21 bits per heavy atom. The summed E-state index contributed by atoms with van der Waals surface area (Å²) in [4.78, 5) is 0. The van der Waals surface area contributed by atoms with Gasteiger partial charge in [-0.15, -0.1) is 0 Å². The van der Waals surface area contributed by atoms with Gasteiger partial charge in [-0.05, 0) is 0 Å². The monoisotopic (exact) mass is 516 g/mol. The summed E-state index contributed by atoms with van der Waals surface area (Å²) in [6, 6.07) is 32.8. The van der Waals surface area contributed by atoms with Crippen molar-refractivity contribution in [2.45, 2.75) is 26.4 Å². The number of allylic oxidation sites excluding steroid dienone is 1. The van der Waals surface area contributed by atoms with Gasteiger partial charge < -0.3 is 0 Å². The second-order valence-electron chi connectivity index (χ2n) is 7.72. The van der Waals surface area contributed by atoms with E-state index in [9.17, 15) is 5.11 Å². The van der Waals surface area contributed by atoms with Crippen LogP contribution in [-0.4, -0.2) is 17.4 Å². The second-order valence-corrected chi connectivity index (χ2v) is 13.5. The van der Waals surface area contributed by atoms with Crippen LogP contribution in [0, 0.1) is 5.92 Å². The van der Waals surface area contributed by atoms with E-state index in [1.807, 2.05) is 0 Å². The Balaban J connectivity index is 2.09. The van der Waals surface area contributed by atoms with Crippen LogP contribution >= 0.6 is 29.9 Å². The Morgan fingerprint density at radius 1 is 0.828 bits per heavy atom. The van der Waals surface area contributed by atoms with Crippen LogP contribution in [0.2, 0.25) is 0 Å². The van der Waals surface area contributed by atoms with Crippen molar-refractivity contribution in [3.05, 3.63) is 101 Å².